The highest BCUT2D eigenvalue weighted by Crippen LogP contribution is 2.15. The minimum Gasteiger partial charge on any atom is -0.481 e. The van der Waals surface area contributed by atoms with Gasteiger partial charge in [0, 0.05) is 19.5 Å². The van der Waals surface area contributed by atoms with Crippen molar-refractivity contribution in [2.45, 2.75) is 26.3 Å². The average Bonchev–Trinajstić information content (AvgIpc) is 2.44. The average molecular weight is 317 g/mol. The molecule has 116 valence electrons. The lowest BCUT2D eigenvalue weighted by Gasteiger charge is -2.12. The second kappa shape index (κ2) is 8.46. The van der Waals surface area contributed by atoms with E-state index in [0.717, 1.165) is 0 Å². The zero-order valence-corrected chi connectivity index (χ0v) is 12.4. The first-order chi connectivity index (χ1) is 9.88. The van der Waals surface area contributed by atoms with E-state index < -0.39 is 11.8 Å². The Morgan fingerprint density at radius 3 is 2.71 bits per heavy atom. The Kier molecular flexibility index (Phi) is 6.94. The van der Waals surface area contributed by atoms with Gasteiger partial charge in [-0.25, -0.2) is 9.18 Å². The van der Waals surface area contributed by atoms with E-state index in [1.54, 1.807) is 0 Å². The summed E-state index contributed by atoms with van der Waals surface area (Å²) in [7, 11) is 0. The molecule has 0 spiro atoms. The number of carbonyl (C=O) groups is 2. The summed E-state index contributed by atoms with van der Waals surface area (Å²) in [6.07, 6.45) is 0.585. The van der Waals surface area contributed by atoms with E-state index in [2.05, 4.69) is 10.6 Å². The van der Waals surface area contributed by atoms with Crippen LogP contribution in [0.2, 0.25) is 5.02 Å². The van der Waals surface area contributed by atoms with Crippen LogP contribution in [0.25, 0.3) is 0 Å². The highest BCUT2D eigenvalue weighted by Gasteiger charge is 2.08. The molecule has 1 atom stereocenters. The smallest absolute Gasteiger partial charge is 0.315 e. The van der Waals surface area contributed by atoms with Crippen LogP contribution in [-0.4, -0.2) is 23.7 Å². The second-order valence-electron chi connectivity index (χ2n) is 4.85. The molecule has 1 aromatic rings. The predicted molar refractivity (Wildman–Crippen MR) is 77.7 cm³/mol. The lowest BCUT2D eigenvalue weighted by molar-refractivity contribution is -0.137. The molecule has 0 aliphatic carbocycles. The molecule has 0 aliphatic heterocycles. The maximum absolute atomic E-state index is 13.0. The van der Waals surface area contributed by atoms with Crippen LogP contribution < -0.4 is 10.6 Å². The summed E-state index contributed by atoms with van der Waals surface area (Å²) in [6.45, 7) is 2.49. The van der Waals surface area contributed by atoms with Gasteiger partial charge in [-0.1, -0.05) is 24.6 Å². The van der Waals surface area contributed by atoms with E-state index in [-0.39, 0.29) is 29.9 Å². The van der Waals surface area contributed by atoms with Crippen molar-refractivity contribution >= 4 is 23.6 Å². The first-order valence-electron chi connectivity index (χ1n) is 6.56. The minimum atomic E-state index is -0.848. The number of hydrogen-bond donors (Lipinski definition) is 3. The summed E-state index contributed by atoms with van der Waals surface area (Å²) in [5.74, 6) is -1.27. The van der Waals surface area contributed by atoms with Gasteiger partial charge < -0.3 is 15.7 Å². The molecule has 1 unspecified atom stereocenters. The third kappa shape index (κ3) is 6.94. The molecule has 21 heavy (non-hydrogen) atoms. The third-order valence-corrected chi connectivity index (χ3v) is 3.19. The molecule has 0 aliphatic rings. The molecule has 1 rings (SSSR count). The van der Waals surface area contributed by atoms with Gasteiger partial charge in [-0.05, 0) is 30.0 Å². The quantitative estimate of drug-likeness (QED) is 0.723. The number of amides is 2. The van der Waals surface area contributed by atoms with Crippen LogP contribution in [0.1, 0.15) is 25.3 Å². The topological polar surface area (TPSA) is 78.4 Å². The molecular formula is C14H18ClFN2O3. The van der Waals surface area contributed by atoms with Gasteiger partial charge in [0.2, 0.25) is 0 Å². The van der Waals surface area contributed by atoms with E-state index in [4.69, 9.17) is 16.7 Å². The fraction of sp³-hybridized carbons (Fsp3) is 0.429. The number of aliphatic carboxylic acids is 1. The SMILES string of the molecule is CC(CCC(=O)O)CNC(=O)NCc1ccc(F)c(Cl)c1. The van der Waals surface area contributed by atoms with Crippen LogP contribution in [-0.2, 0) is 11.3 Å². The predicted octanol–water partition coefficient (Wildman–Crippen LogP) is 2.78. The highest BCUT2D eigenvalue weighted by atomic mass is 35.5. The summed E-state index contributed by atoms with van der Waals surface area (Å²) >= 11 is 5.64. The summed E-state index contributed by atoms with van der Waals surface area (Å²) in [4.78, 5) is 22.0. The molecule has 1 aromatic carbocycles. The van der Waals surface area contributed by atoms with E-state index in [9.17, 15) is 14.0 Å². The number of urea groups is 1. The largest absolute Gasteiger partial charge is 0.481 e. The molecule has 0 bridgehead atoms. The Morgan fingerprint density at radius 1 is 1.38 bits per heavy atom. The summed E-state index contributed by atoms with van der Waals surface area (Å²) in [5.41, 5.74) is 0.690. The molecule has 0 saturated carbocycles. The third-order valence-electron chi connectivity index (χ3n) is 2.90. The number of halogens is 2. The molecule has 0 saturated heterocycles. The van der Waals surface area contributed by atoms with Crippen molar-refractivity contribution in [3.8, 4) is 0 Å². The van der Waals surface area contributed by atoms with E-state index >= 15 is 0 Å². The zero-order valence-electron chi connectivity index (χ0n) is 11.7. The van der Waals surface area contributed by atoms with Gasteiger partial charge in [-0.2, -0.15) is 0 Å². The Morgan fingerprint density at radius 2 is 2.10 bits per heavy atom. The number of carbonyl (C=O) groups excluding carboxylic acids is 1. The highest BCUT2D eigenvalue weighted by molar-refractivity contribution is 6.30. The van der Waals surface area contributed by atoms with Gasteiger partial charge in [0.05, 0.1) is 5.02 Å². The van der Waals surface area contributed by atoms with Crippen molar-refractivity contribution in [2.24, 2.45) is 5.92 Å². The molecule has 2 amide bonds. The van der Waals surface area contributed by atoms with Crippen molar-refractivity contribution < 1.29 is 19.1 Å². The van der Waals surface area contributed by atoms with Gasteiger partial charge in [0.25, 0.3) is 0 Å². The maximum Gasteiger partial charge on any atom is 0.315 e. The van der Waals surface area contributed by atoms with Crippen LogP contribution >= 0.6 is 11.6 Å². The molecular weight excluding hydrogens is 299 g/mol. The summed E-state index contributed by atoms with van der Waals surface area (Å²) in [6, 6.07) is 3.87. The van der Waals surface area contributed by atoms with Crippen LogP contribution in [0.15, 0.2) is 18.2 Å². The van der Waals surface area contributed by atoms with Gasteiger partial charge >= 0.3 is 12.0 Å². The first-order valence-corrected chi connectivity index (χ1v) is 6.93. The Hall–Kier alpha value is -1.82. The number of nitrogens with one attached hydrogen (secondary N) is 2. The van der Waals surface area contributed by atoms with Gasteiger partial charge in [0.1, 0.15) is 5.82 Å². The van der Waals surface area contributed by atoms with Crippen molar-refractivity contribution in [2.75, 3.05) is 6.54 Å². The van der Waals surface area contributed by atoms with Crippen molar-refractivity contribution in [1.82, 2.24) is 10.6 Å². The molecule has 0 heterocycles. The van der Waals surface area contributed by atoms with Gasteiger partial charge in [0.15, 0.2) is 0 Å². The van der Waals surface area contributed by atoms with E-state index in [1.807, 2.05) is 6.92 Å². The number of carboxylic acid groups (broad SMARTS) is 1. The van der Waals surface area contributed by atoms with Gasteiger partial charge in [-0.3, -0.25) is 4.79 Å². The van der Waals surface area contributed by atoms with Gasteiger partial charge in [-0.15, -0.1) is 0 Å². The van der Waals surface area contributed by atoms with Crippen molar-refractivity contribution in [3.63, 3.8) is 0 Å². The van der Waals surface area contributed by atoms with Crippen molar-refractivity contribution in [1.29, 1.82) is 0 Å². The number of carboxylic acids is 1. The Labute approximate surface area is 127 Å². The fourth-order valence-corrected chi connectivity index (χ4v) is 1.84. The summed E-state index contributed by atoms with van der Waals surface area (Å²) in [5, 5.41) is 13.8. The Bertz CT molecular complexity index is 511. The fourth-order valence-electron chi connectivity index (χ4n) is 1.63. The van der Waals surface area contributed by atoms with Crippen LogP contribution in [0.4, 0.5) is 9.18 Å². The molecule has 7 heteroatoms. The monoisotopic (exact) mass is 316 g/mol. The van der Waals surface area contributed by atoms with E-state index in [0.29, 0.717) is 18.5 Å². The number of rotatable bonds is 7. The molecule has 5 nitrogen and oxygen atoms in total. The van der Waals surface area contributed by atoms with Crippen molar-refractivity contribution in [3.05, 3.63) is 34.6 Å². The normalized spacial score (nSPS) is 11.8. The maximum atomic E-state index is 13.0. The molecule has 0 aromatic heterocycles. The molecule has 0 fully saturated rings. The molecule has 3 N–H and O–H groups in total. The summed E-state index contributed by atoms with van der Waals surface area (Å²) < 4.78 is 13.0. The van der Waals surface area contributed by atoms with E-state index in [1.165, 1.54) is 18.2 Å². The zero-order chi connectivity index (χ0) is 15.8. The standard InChI is InChI=1S/C14H18ClFN2O3/c1-9(2-5-13(19)20)7-17-14(21)18-8-10-3-4-12(16)11(15)6-10/h3-4,6,9H,2,5,7-8H2,1H3,(H,19,20)(H2,17,18,21). The number of benzene rings is 1. The van der Waals surface area contributed by atoms with Crippen LogP contribution in [0.3, 0.4) is 0 Å². The second-order valence-corrected chi connectivity index (χ2v) is 5.26. The lowest BCUT2D eigenvalue weighted by Crippen LogP contribution is -2.37. The molecule has 0 radical (unpaired) electrons. The first kappa shape index (κ1) is 17.2. The van der Waals surface area contributed by atoms with Crippen LogP contribution in [0.5, 0.6) is 0 Å². The van der Waals surface area contributed by atoms with Crippen LogP contribution in [0, 0.1) is 11.7 Å². The Balaban J connectivity index is 2.27. The minimum absolute atomic E-state index is 0.0111. The lowest BCUT2D eigenvalue weighted by atomic mass is 10.1. The number of hydrogen-bond acceptors (Lipinski definition) is 2.